The van der Waals surface area contributed by atoms with Gasteiger partial charge in [0.15, 0.2) is 0 Å². The van der Waals surface area contributed by atoms with Gasteiger partial charge in [-0.15, -0.1) is 11.3 Å². The zero-order valence-corrected chi connectivity index (χ0v) is 13.7. The summed E-state index contributed by atoms with van der Waals surface area (Å²) in [5.41, 5.74) is 6.53. The van der Waals surface area contributed by atoms with Gasteiger partial charge in [0.05, 0.1) is 4.88 Å². The standard InChI is InChI=1S/C16H23N3OS/c1-4-19(9-5-8-18(2)3)16(20)15-11-12-10-13(17)6-7-14(12)21-15/h6-7,10-11H,4-5,8-9,17H2,1-3H3. The van der Waals surface area contributed by atoms with E-state index in [1.165, 1.54) is 0 Å². The van der Waals surface area contributed by atoms with Crippen LogP contribution in [0.4, 0.5) is 5.69 Å². The van der Waals surface area contributed by atoms with Crippen molar-refractivity contribution < 1.29 is 4.79 Å². The summed E-state index contributed by atoms with van der Waals surface area (Å²) in [5.74, 6) is 0.121. The van der Waals surface area contributed by atoms with Crippen molar-refractivity contribution in [3.63, 3.8) is 0 Å². The molecule has 0 unspecified atom stereocenters. The van der Waals surface area contributed by atoms with E-state index < -0.39 is 0 Å². The molecule has 0 aliphatic heterocycles. The first kappa shape index (κ1) is 15.8. The summed E-state index contributed by atoms with van der Waals surface area (Å²) in [6.07, 6.45) is 0.990. The van der Waals surface area contributed by atoms with E-state index in [1.807, 2.05) is 36.1 Å². The molecule has 0 saturated heterocycles. The third-order valence-corrected chi connectivity index (χ3v) is 4.56. The zero-order chi connectivity index (χ0) is 15.4. The van der Waals surface area contributed by atoms with E-state index in [1.54, 1.807) is 11.3 Å². The predicted molar refractivity (Wildman–Crippen MR) is 91.0 cm³/mol. The topological polar surface area (TPSA) is 49.6 Å². The molecule has 2 N–H and O–H groups in total. The summed E-state index contributed by atoms with van der Waals surface area (Å²) in [4.78, 5) is 17.4. The molecule has 2 rings (SSSR count). The highest BCUT2D eigenvalue weighted by molar-refractivity contribution is 7.20. The number of hydrogen-bond acceptors (Lipinski definition) is 4. The molecule has 4 nitrogen and oxygen atoms in total. The Balaban J connectivity index is 2.11. The smallest absolute Gasteiger partial charge is 0.263 e. The van der Waals surface area contributed by atoms with Gasteiger partial charge >= 0.3 is 0 Å². The number of benzene rings is 1. The minimum atomic E-state index is 0.121. The van der Waals surface area contributed by atoms with E-state index in [0.29, 0.717) is 0 Å². The van der Waals surface area contributed by atoms with Crippen LogP contribution in [0.2, 0.25) is 0 Å². The molecule has 1 aromatic heterocycles. The van der Waals surface area contributed by atoms with Crippen molar-refractivity contribution in [2.45, 2.75) is 13.3 Å². The fourth-order valence-electron chi connectivity index (χ4n) is 2.30. The van der Waals surface area contributed by atoms with Crippen molar-refractivity contribution in [2.75, 3.05) is 39.5 Å². The van der Waals surface area contributed by atoms with E-state index in [4.69, 9.17) is 5.73 Å². The highest BCUT2D eigenvalue weighted by Crippen LogP contribution is 2.28. The molecule has 0 atom stereocenters. The Morgan fingerprint density at radius 1 is 1.24 bits per heavy atom. The molecule has 21 heavy (non-hydrogen) atoms. The minimum absolute atomic E-state index is 0.121. The Morgan fingerprint density at radius 3 is 2.67 bits per heavy atom. The number of hydrogen-bond donors (Lipinski definition) is 1. The maximum atomic E-state index is 12.6. The normalized spacial score (nSPS) is 11.2. The summed E-state index contributed by atoms with van der Waals surface area (Å²) in [6.45, 7) is 4.55. The van der Waals surface area contributed by atoms with Crippen LogP contribution in [0.3, 0.4) is 0 Å². The van der Waals surface area contributed by atoms with Crippen molar-refractivity contribution in [2.24, 2.45) is 0 Å². The van der Waals surface area contributed by atoms with Crippen LogP contribution in [-0.4, -0.2) is 49.4 Å². The minimum Gasteiger partial charge on any atom is -0.399 e. The Bertz CT molecular complexity index is 621. The SMILES string of the molecule is CCN(CCCN(C)C)C(=O)c1cc2cc(N)ccc2s1. The van der Waals surface area contributed by atoms with Crippen LogP contribution < -0.4 is 5.73 Å². The van der Waals surface area contributed by atoms with Gasteiger partial charge in [-0.2, -0.15) is 0 Å². The molecule has 2 aromatic rings. The zero-order valence-electron chi connectivity index (χ0n) is 12.9. The van der Waals surface area contributed by atoms with Crippen LogP contribution in [0.1, 0.15) is 23.0 Å². The molecule has 5 heteroatoms. The Labute approximate surface area is 130 Å². The number of nitrogens with two attached hydrogens (primary N) is 1. The second-order valence-corrected chi connectivity index (χ2v) is 6.53. The van der Waals surface area contributed by atoms with Crippen LogP contribution in [0.15, 0.2) is 24.3 Å². The quantitative estimate of drug-likeness (QED) is 0.835. The van der Waals surface area contributed by atoms with Gasteiger partial charge in [-0.25, -0.2) is 0 Å². The average molecular weight is 305 g/mol. The number of rotatable bonds is 6. The van der Waals surface area contributed by atoms with Gasteiger partial charge in [-0.05, 0) is 63.6 Å². The van der Waals surface area contributed by atoms with Crippen molar-refractivity contribution in [1.82, 2.24) is 9.80 Å². The number of anilines is 1. The first-order valence-electron chi connectivity index (χ1n) is 7.24. The number of carbonyl (C=O) groups is 1. The maximum absolute atomic E-state index is 12.6. The predicted octanol–water partition coefficient (Wildman–Crippen LogP) is 2.90. The molecular weight excluding hydrogens is 282 g/mol. The average Bonchev–Trinajstić information content (AvgIpc) is 2.85. The van der Waals surface area contributed by atoms with Gasteiger partial charge < -0.3 is 15.5 Å². The summed E-state index contributed by atoms with van der Waals surface area (Å²) < 4.78 is 1.11. The van der Waals surface area contributed by atoms with E-state index in [2.05, 4.69) is 19.0 Å². The van der Waals surface area contributed by atoms with Crippen LogP contribution in [0, 0.1) is 0 Å². The summed E-state index contributed by atoms with van der Waals surface area (Å²) in [6, 6.07) is 7.73. The van der Waals surface area contributed by atoms with E-state index in [-0.39, 0.29) is 5.91 Å². The first-order chi connectivity index (χ1) is 10.0. The second-order valence-electron chi connectivity index (χ2n) is 5.45. The van der Waals surface area contributed by atoms with Gasteiger partial charge in [-0.1, -0.05) is 0 Å². The van der Waals surface area contributed by atoms with Gasteiger partial charge in [-0.3, -0.25) is 4.79 Å². The molecule has 1 amide bonds. The molecule has 0 saturated carbocycles. The maximum Gasteiger partial charge on any atom is 0.263 e. The van der Waals surface area contributed by atoms with Crippen molar-refractivity contribution in [3.05, 3.63) is 29.1 Å². The van der Waals surface area contributed by atoms with Gasteiger partial charge in [0.25, 0.3) is 5.91 Å². The lowest BCUT2D eigenvalue weighted by Gasteiger charge is -2.21. The number of amides is 1. The van der Waals surface area contributed by atoms with Crippen molar-refractivity contribution in [1.29, 1.82) is 0 Å². The van der Waals surface area contributed by atoms with Crippen molar-refractivity contribution in [3.8, 4) is 0 Å². The molecule has 0 aliphatic rings. The Kier molecular flexibility index (Phi) is 5.20. The molecule has 0 bridgehead atoms. The molecule has 1 heterocycles. The third-order valence-electron chi connectivity index (χ3n) is 3.45. The summed E-state index contributed by atoms with van der Waals surface area (Å²) >= 11 is 1.54. The van der Waals surface area contributed by atoms with E-state index in [0.717, 1.165) is 46.7 Å². The van der Waals surface area contributed by atoms with E-state index in [9.17, 15) is 4.79 Å². The number of nitrogens with zero attached hydrogens (tertiary/aromatic N) is 2. The van der Waals surface area contributed by atoms with Gasteiger partial charge in [0.2, 0.25) is 0 Å². The number of nitrogen functional groups attached to an aromatic ring is 1. The lowest BCUT2D eigenvalue weighted by Crippen LogP contribution is -2.32. The van der Waals surface area contributed by atoms with Gasteiger partial charge in [0, 0.05) is 23.5 Å². The molecule has 0 spiro atoms. The highest BCUT2D eigenvalue weighted by Gasteiger charge is 2.16. The van der Waals surface area contributed by atoms with Gasteiger partial charge in [0.1, 0.15) is 0 Å². The third kappa shape index (κ3) is 3.95. The Morgan fingerprint density at radius 2 is 2.00 bits per heavy atom. The lowest BCUT2D eigenvalue weighted by molar-refractivity contribution is 0.0764. The number of fused-ring (bicyclic) bond motifs is 1. The molecule has 0 radical (unpaired) electrons. The molecule has 1 aromatic carbocycles. The fourth-order valence-corrected chi connectivity index (χ4v) is 3.32. The Hall–Kier alpha value is -1.59. The lowest BCUT2D eigenvalue weighted by atomic mass is 10.2. The first-order valence-corrected chi connectivity index (χ1v) is 8.06. The largest absolute Gasteiger partial charge is 0.399 e. The van der Waals surface area contributed by atoms with Crippen LogP contribution >= 0.6 is 11.3 Å². The van der Waals surface area contributed by atoms with Crippen LogP contribution in [0.5, 0.6) is 0 Å². The highest BCUT2D eigenvalue weighted by atomic mass is 32.1. The summed E-state index contributed by atoms with van der Waals surface area (Å²) in [7, 11) is 4.10. The molecular formula is C16H23N3OS. The second kappa shape index (κ2) is 6.91. The van der Waals surface area contributed by atoms with Crippen LogP contribution in [0.25, 0.3) is 10.1 Å². The molecule has 0 fully saturated rings. The summed E-state index contributed by atoms with van der Waals surface area (Å²) in [5, 5.41) is 1.05. The van der Waals surface area contributed by atoms with Crippen LogP contribution in [-0.2, 0) is 0 Å². The number of carbonyl (C=O) groups excluding carboxylic acids is 1. The van der Waals surface area contributed by atoms with E-state index >= 15 is 0 Å². The number of thiophene rings is 1. The molecule has 0 aliphatic carbocycles. The fraction of sp³-hybridized carbons (Fsp3) is 0.438. The monoisotopic (exact) mass is 305 g/mol. The molecule has 114 valence electrons. The van der Waals surface area contributed by atoms with Crippen molar-refractivity contribution >= 4 is 33.0 Å².